The number of nitrogens with zero attached hydrogens (tertiary/aromatic N) is 2. The van der Waals surface area contributed by atoms with E-state index >= 15 is 0 Å². The average Bonchev–Trinajstić information content (AvgIpc) is 3.17. The van der Waals surface area contributed by atoms with Crippen LogP contribution in [0, 0.1) is 6.92 Å². The Hall–Kier alpha value is -3.37. The van der Waals surface area contributed by atoms with Gasteiger partial charge in [0.1, 0.15) is 7.05 Å². The Balaban J connectivity index is 1.41. The van der Waals surface area contributed by atoms with Crippen LogP contribution in [0.3, 0.4) is 0 Å². The number of hydrogen-bond donors (Lipinski definition) is 0. The number of para-hydroxylation sites is 1. The van der Waals surface area contributed by atoms with Gasteiger partial charge in [-0.25, -0.2) is 0 Å². The zero-order valence-corrected chi connectivity index (χ0v) is 18.3. The summed E-state index contributed by atoms with van der Waals surface area (Å²) >= 11 is 0. The van der Waals surface area contributed by atoms with Crippen LogP contribution in [0.4, 0.5) is 0 Å². The summed E-state index contributed by atoms with van der Waals surface area (Å²) in [7, 11) is 2.11. The Bertz CT molecular complexity index is 1330. The molecule has 4 aromatic rings. The standard InChI is InChI=1S/C27H26N2O2/c1-19-13-14-22-11-8-12-24-25(22)28(19)26(2)27(3,30-24)29(26,4)31-23-17-15-21(16-18-23)20-9-6-5-7-10-20/h5-18H,1-4H3/q+2. The molecular weight excluding hydrogens is 384 g/mol. The smallest absolute Gasteiger partial charge is 0.419 e. The summed E-state index contributed by atoms with van der Waals surface area (Å²) in [4.78, 5) is 6.67. The summed E-state index contributed by atoms with van der Waals surface area (Å²) in [5, 5.41) is 1.18. The van der Waals surface area contributed by atoms with Gasteiger partial charge in [-0.05, 0) is 46.1 Å². The van der Waals surface area contributed by atoms with Crippen LogP contribution in [-0.2, 0) is 5.66 Å². The van der Waals surface area contributed by atoms with E-state index in [0.717, 1.165) is 17.0 Å². The summed E-state index contributed by atoms with van der Waals surface area (Å²) in [6.07, 6.45) is 0. The first kappa shape index (κ1) is 18.4. The monoisotopic (exact) mass is 410 g/mol. The molecule has 0 aliphatic carbocycles. The summed E-state index contributed by atoms with van der Waals surface area (Å²) in [5.41, 5.74) is 3.78. The van der Waals surface area contributed by atoms with Crippen molar-refractivity contribution in [2.24, 2.45) is 0 Å². The molecule has 1 fully saturated rings. The molecule has 6 rings (SSSR count). The number of pyridine rings is 1. The van der Waals surface area contributed by atoms with Crippen LogP contribution in [0.25, 0.3) is 22.0 Å². The maximum absolute atomic E-state index is 6.67. The van der Waals surface area contributed by atoms with E-state index in [1.807, 2.05) is 18.2 Å². The van der Waals surface area contributed by atoms with Gasteiger partial charge in [0.05, 0.1) is 12.3 Å². The Kier molecular flexibility index (Phi) is 3.48. The third-order valence-electron chi connectivity index (χ3n) is 7.58. The lowest BCUT2D eigenvalue weighted by molar-refractivity contribution is -1.07. The van der Waals surface area contributed by atoms with E-state index in [1.165, 1.54) is 22.2 Å². The van der Waals surface area contributed by atoms with E-state index < -0.39 is 5.72 Å². The fourth-order valence-electron chi connectivity index (χ4n) is 5.45. The normalized spacial score (nSPS) is 28.0. The number of aromatic nitrogens is 1. The second-order valence-corrected chi connectivity index (χ2v) is 9.02. The van der Waals surface area contributed by atoms with E-state index in [0.29, 0.717) is 4.65 Å². The van der Waals surface area contributed by atoms with Gasteiger partial charge in [0.2, 0.25) is 0 Å². The third kappa shape index (κ3) is 2.15. The highest BCUT2D eigenvalue weighted by molar-refractivity contribution is 5.82. The largest absolute Gasteiger partial charge is 0.429 e. The van der Waals surface area contributed by atoms with Gasteiger partial charge < -0.3 is 9.57 Å². The summed E-state index contributed by atoms with van der Waals surface area (Å²) < 4.78 is 9.34. The van der Waals surface area contributed by atoms with E-state index in [2.05, 4.69) is 99.1 Å². The van der Waals surface area contributed by atoms with Gasteiger partial charge in [-0.3, -0.25) is 0 Å². The number of ether oxygens (including phenoxy) is 1. The van der Waals surface area contributed by atoms with Crippen molar-refractivity contribution in [3.8, 4) is 22.6 Å². The van der Waals surface area contributed by atoms with Crippen LogP contribution in [0.15, 0.2) is 84.9 Å². The van der Waals surface area contributed by atoms with E-state index in [1.54, 1.807) is 0 Å². The molecule has 154 valence electrons. The molecule has 0 radical (unpaired) electrons. The van der Waals surface area contributed by atoms with Gasteiger partial charge in [0.15, 0.2) is 17.2 Å². The van der Waals surface area contributed by atoms with Crippen LogP contribution in [0.1, 0.15) is 19.5 Å². The van der Waals surface area contributed by atoms with Crippen molar-refractivity contribution in [3.05, 3.63) is 90.6 Å². The molecule has 0 amide bonds. The minimum absolute atomic E-state index is 0.310. The number of quaternary nitrogens is 1. The lowest BCUT2D eigenvalue weighted by Crippen LogP contribution is -2.57. The highest BCUT2D eigenvalue weighted by atomic mass is 16.8. The fourth-order valence-corrected chi connectivity index (χ4v) is 5.45. The topological polar surface area (TPSA) is 22.3 Å². The van der Waals surface area contributed by atoms with E-state index in [4.69, 9.17) is 9.57 Å². The van der Waals surface area contributed by atoms with E-state index in [-0.39, 0.29) is 5.66 Å². The molecule has 31 heavy (non-hydrogen) atoms. The second kappa shape index (κ2) is 5.86. The van der Waals surface area contributed by atoms with Crippen LogP contribution in [0.2, 0.25) is 0 Å². The molecule has 3 atom stereocenters. The summed E-state index contributed by atoms with van der Waals surface area (Å²) in [5.74, 6) is 1.74. The van der Waals surface area contributed by atoms with Gasteiger partial charge in [-0.1, -0.05) is 48.5 Å². The average molecular weight is 411 g/mol. The molecule has 1 aromatic heterocycles. The number of fused-ring (bicyclic) bond motifs is 2. The summed E-state index contributed by atoms with van der Waals surface area (Å²) in [6.45, 7) is 6.53. The van der Waals surface area contributed by atoms with Crippen molar-refractivity contribution in [2.75, 3.05) is 7.05 Å². The van der Waals surface area contributed by atoms with E-state index in [9.17, 15) is 0 Å². The number of aryl methyl sites for hydroxylation is 1. The Morgan fingerprint density at radius 2 is 1.52 bits per heavy atom. The number of benzene rings is 3. The molecule has 2 aliphatic rings. The summed E-state index contributed by atoms with van der Waals surface area (Å²) in [6, 6.07) is 29.3. The molecule has 4 heteroatoms. The predicted molar refractivity (Wildman–Crippen MR) is 120 cm³/mol. The van der Waals surface area contributed by atoms with Crippen molar-refractivity contribution in [1.82, 2.24) is 0 Å². The molecule has 3 heterocycles. The Labute approximate surface area is 182 Å². The lowest BCUT2D eigenvalue weighted by atomic mass is 10.1. The van der Waals surface area contributed by atoms with Gasteiger partial charge in [0.25, 0.3) is 5.52 Å². The van der Waals surface area contributed by atoms with Crippen molar-refractivity contribution in [2.45, 2.75) is 32.2 Å². The molecule has 0 saturated carbocycles. The zero-order chi connectivity index (χ0) is 21.4. The molecule has 3 unspecified atom stereocenters. The van der Waals surface area contributed by atoms with Gasteiger partial charge in [0, 0.05) is 19.9 Å². The molecule has 4 nitrogen and oxygen atoms in total. The Morgan fingerprint density at radius 3 is 2.26 bits per heavy atom. The van der Waals surface area contributed by atoms with Crippen LogP contribution in [-0.4, -0.2) is 17.4 Å². The van der Waals surface area contributed by atoms with Crippen LogP contribution < -0.4 is 14.1 Å². The number of hydroxylamine groups is 3. The number of rotatable bonds is 3. The molecule has 0 spiro atoms. The van der Waals surface area contributed by atoms with Gasteiger partial charge in [-0.2, -0.15) is 0 Å². The van der Waals surface area contributed by atoms with Crippen molar-refractivity contribution in [3.63, 3.8) is 0 Å². The SMILES string of the molecule is Cc1ccc2cccc3c2[n+]1C1(C)C(C)(O3)[N+]1(C)Oc1ccc(-c2ccccc2)cc1. The molecular formula is C27H26N2O2+2. The Morgan fingerprint density at radius 1 is 0.806 bits per heavy atom. The molecule has 0 N–H and O–H groups in total. The van der Waals surface area contributed by atoms with Gasteiger partial charge >= 0.3 is 11.4 Å². The highest BCUT2D eigenvalue weighted by Crippen LogP contribution is 2.62. The molecule has 1 saturated heterocycles. The van der Waals surface area contributed by atoms with Crippen molar-refractivity contribution >= 4 is 10.9 Å². The first-order valence-corrected chi connectivity index (χ1v) is 10.7. The molecule has 3 aromatic carbocycles. The van der Waals surface area contributed by atoms with Crippen molar-refractivity contribution in [1.29, 1.82) is 0 Å². The minimum atomic E-state index is -0.539. The number of hydrogen-bond acceptors (Lipinski definition) is 2. The van der Waals surface area contributed by atoms with Crippen LogP contribution in [0.5, 0.6) is 11.5 Å². The minimum Gasteiger partial charge on any atom is -0.419 e. The lowest BCUT2D eigenvalue weighted by Gasteiger charge is -2.16. The first-order chi connectivity index (χ1) is 14.9. The first-order valence-electron chi connectivity index (χ1n) is 10.7. The zero-order valence-electron chi connectivity index (χ0n) is 18.3. The van der Waals surface area contributed by atoms with Crippen LogP contribution >= 0.6 is 0 Å². The van der Waals surface area contributed by atoms with Crippen molar-refractivity contribution < 1.29 is 18.8 Å². The quantitative estimate of drug-likeness (QED) is 0.258. The molecule has 2 aliphatic heterocycles. The van der Waals surface area contributed by atoms with Gasteiger partial charge in [-0.15, -0.1) is 4.57 Å². The number of likely N-dealkylation sites (N-methyl/N-ethyl adjacent to an activating group) is 1. The molecule has 0 bridgehead atoms. The maximum Gasteiger partial charge on any atom is 0.429 e. The second-order valence-electron chi connectivity index (χ2n) is 9.02. The third-order valence-corrected chi connectivity index (χ3v) is 7.58. The predicted octanol–water partition coefficient (Wildman–Crippen LogP) is 5.34. The fraction of sp³-hybridized carbons (Fsp3) is 0.222. The highest BCUT2D eigenvalue weighted by Gasteiger charge is 3.01. The maximum atomic E-state index is 6.67.